The zero-order valence-corrected chi connectivity index (χ0v) is 12.5. The van der Waals surface area contributed by atoms with Crippen molar-refractivity contribution in [1.82, 2.24) is 0 Å². The first-order chi connectivity index (χ1) is 9.65. The Morgan fingerprint density at radius 3 is 2.15 bits per heavy atom. The van der Waals surface area contributed by atoms with Crippen LogP contribution in [-0.2, 0) is 0 Å². The van der Waals surface area contributed by atoms with E-state index in [0.717, 1.165) is 0 Å². The van der Waals surface area contributed by atoms with Gasteiger partial charge in [0, 0.05) is 33.4 Å². The highest BCUT2D eigenvalue weighted by Crippen LogP contribution is 2.36. The van der Waals surface area contributed by atoms with Gasteiger partial charge in [-0.15, -0.1) is 0 Å². The minimum absolute atomic E-state index is 0.104. The van der Waals surface area contributed by atoms with Gasteiger partial charge < -0.3 is 5.32 Å². The Bertz CT molecular complexity index is 737. The summed E-state index contributed by atoms with van der Waals surface area (Å²) in [5.74, 6) is -0.214. The Balaban J connectivity index is 2.32. The van der Waals surface area contributed by atoms with E-state index < -0.39 is 0 Å². The lowest BCUT2D eigenvalue weighted by molar-refractivity contribution is 0.0979. The molecule has 1 aliphatic rings. The van der Waals surface area contributed by atoms with Gasteiger partial charge in [-0.05, 0) is 19.1 Å². The minimum atomic E-state index is -0.109. The molecule has 2 aromatic rings. The van der Waals surface area contributed by atoms with Gasteiger partial charge in [0.05, 0.1) is 5.56 Å². The predicted molar refractivity (Wildman–Crippen MR) is 81.6 cm³/mol. The number of hydrogen-bond acceptors (Lipinski definition) is 3. The van der Waals surface area contributed by atoms with Crippen LogP contribution >= 0.6 is 15.9 Å². The maximum atomic E-state index is 12.7. The SMILES string of the molecule is CCNc1ccc(Br)c2c1C(=O)c1ccccc1C2=O. The normalized spacial score (nSPS) is 12.9. The molecule has 0 unspecified atom stereocenters. The van der Waals surface area contributed by atoms with Crippen LogP contribution in [0.25, 0.3) is 0 Å². The van der Waals surface area contributed by atoms with Crippen molar-refractivity contribution < 1.29 is 9.59 Å². The second-order valence-corrected chi connectivity index (χ2v) is 5.43. The summed E-state index contributed by atoms with van der Waals surface area (Å²) in [5, 5.41) is 3.15. The number of nitrogens with one attached hydrogen (secondary N) is 1. The van der Waals surface area contributed by atoms with E-state index in [1.165, 1.54) is 0 Å². The van der Waals surface area contributed by atoms with Crippen molar-refractivity contribution in [2.75, 3.05) is 11.9 Å². The molecule has 0 heterocycles. The number of fused-ring (bicyclic) bond motifs is 2. The molecule has 100 valence electrons. The highest BCUT2D eigenvalue weighted by atomic mass is 79.9. The standard InChI is InChI=1S/C16H12BrNO2/c1-2-18-12-8-7-11(17)13-14(12)16(20)10-6-4-3-5-9(10)15(13)19/h3-8,18H,2H2,1H3. The number of ketones is 2. The van der Waals surface area contributed by atoms with Gasteiger partial charge in [0.2, 0.25) is 0 Å². The van der Waals surface area contributed by atoms with E-state index in [0.29, 0.717) is 39.0 Å². The van der Waals surface area contributed by atoms with Crippen molar-refractivity contribution in [3.63, 3.8) is 0 Å². The van der Waals surface area contributed by atoms with Gasteiger partial charge >= 0.3 is 0 Å². The van der Waals surface area contributed by atoms with E-state index in [9.17, 15) is 9.59 Å². The van der Waals surface area contributed by atoms with E-state index in [2.05, 4.69) is 21.2 Å². The smallest absolute Gasteiger partial charge is 0.196 e. The van der Waals surface area contributed by atoms with Crippen LogP contribution in [0.5, 0.6) is 0 Å². The van der Waals surface area contributed by atoms with Crippen LogP contribution in [0, 0.1) is 0 Å². The molecule has 0 aliphatic heterocycles. The molecule has 0 saturated carbocycles. The Morgan fingerprint density at radius 2 is 1.55 bits per heavy atom. The molecule has 0 atom stereocenters. The molecule has 0 aromatic heterocycles. The Kier molecular flexibility index (Phi) is 3.18. The van der Waals surface area contributed by atoms with Crippen LogP contribution in [0.15, 0.2) is 40.9 Å². The van der Waals surface area contributed by atoms with E-state index >= 15 is 0 Å². The lowest BCUT2D eigenvalue weighted by atomic mass is 9.83. The molecule has 0 radical (unpaired) electrons. The fraction of sp³-hybridized carbons (Fsp3) is 0.125. The third-order valence-corrected chi connectivity index (χ3v) is 4.05. The summed E-state index contributed by atoms with van der Waals surface area (Å²) >= 11 is 3.39. The van der Waals surface area contributed by atoms with Crippen LogP contribution < -0.4 is 5.32 Å². The van der Waals surface area contributed by atoms with Gasteiger partial charge in [0.1, 0.15) is 0 Å². The van der Waals surface area contributed by atoms with Crippen LogP contribution in [0.1, 0.15) is 38.8 Å². The average Bonchev–Trinajstić information content (AvgIpc) is 2.47. The maximum Gasteiger partial charge on any atom is 0.196 e. The van der Waals surface area contributed by atoms with Crippen LogP contribution in [-0.4, -0.2) is 18.1 Å². The van der Waals surface area contributed by atoms with Gasteiger partial charge in [-0.3, -0.25) is 9.59 Å². The van der Waals surface area contributed by atoms with Gasteiger partial charge in [-0.25, -0.2) is 0 Å². The monoisotopic (exact) mass is 329 g/mol. The van der Waals surface area contributed by atoms with E-state index in [1.54, 1.807) is 30.3 Å². The lowest BCUT2D eigenvalue weighted by Crippen LogP contribution is -2.23. The summed E-state index contributed by atoms with van der Waals surface area (Å²) in [6.45, 7) is 2.65. The third kappa shape index (κ3) is 1.79. The highest BCUT2D eigenvalue weighted by Gasteiger charge is 2.32. The molecule has 4 heteroatoms. The Labute approximate surface area is 125 Å². The average molecular weight is 330 g/mol. The summed E-state index contributed by atoms with van der Waals surface area (Å²) in [6, 6.07) is 10.6. The zero-order valence-electron chi connectivity index (χ0n) is 10.9. The van der Waals surface area contributed by atoms with Crippen molar-refractivity contribution in [3.8, 4) is 0 Å². The summed E-state index contributed by atoms with van der Waals surface area (Å²) < 4.78 is 0.655. The first-order valence-electron chi connectivity index (χ1n) is 6.40. The molecule has 20 heavy (non-hydrogen) atoms. The topological polar surface area (TPSA) is 46.2 Å². The summed E-state index contributed by atoms with van der Waals surface area (Å²) in [4.78, 5) is 25.3. The third-order valence-electron chi connectivity index (χ3n) is 3.39. The second-order valence-electron chi connectivity index (χ2n) is 4.58. The molecule has 0 spiro atoms. The van der Waals surface area contributed by atoms with Crippen molar-refractivity contribution in [2.24, 2.45) is 0 Å². The van der Waals surface area contributed by atoms with Gasteiger partial charge in [0.15, 0.2) is 11.6 Å². The molecule has 1 N–H and O–H groups in total. The first kappa shape index (κ1) is 13.1. The van der Waals surface area contributed by atoms with E-state index in [4.69, 9.17) is 0 Å². The molecule has 0 amide bonds. The minimum Gasteiger partial charge on any atom is -0.385 e. The van der Waals surface area contributed by atoms with Crippen molar-refractivity contribution in [3.05, 3.63) is 63.1 Å². The molecule has 1 aliphatic carbocycles. The largest absolute Gasteiger partial charge is 0.385 e. The molecular formula is C16H12BrNO2. The molecule has 0 fully saturated rings. The molecule has 0 bridgehead atoms. The van der Waals surface area contributed by atoms with Crippen molar-refractivity contribution in [1.29, 1.82) is 0 Å². The highest BCUT2D eigenvalue weighted by molar-refractivity contribution is 9.10. The second kappa shape index (κ2) is 4.87. The van der Waals surface area contributed by atoms with Gasteiger partial charge in [-0.2, -0.15) is 0 Å². The summed E-state index contributed by atoms with van der Waals surface area (Å²) in [6.07, 6.45) is 0. The van der Waals surface area contributed by atoms with Crippen molar-refractivity contribution >= 4 is 33.2 Å². The van der Waals surface area contributed by atoms with Gasteiger partial charge in [0.25, 0.3) is 0 Å². The number of anilines is 1. The summed E-state index contributed by atoms with van der Waals surface area (Å²) in [7, 11) is 0. The van der Waals surface area contributed by atoms with E-state index in [1.807, 2.05) is 13.0 Å². The van der Waals surface area contributed by atoms with Crippen molar-refractivity contribution in [2.45, 2.75) is 6.92 Å². The van der Waals surface area contributed by atoms with E-state index in [-0.39, 0.29) is 11.6 Å². The lowest BCUT2D eigenvalue weighted by Gasteiger charge is -2.21. The van der Waals surface area contributed by atoms with Crippen LogP contribution in [0.4, 0.5) is 5.69 Å². The molecule has 2 aromatic carbocycles. The molecule has 3 nitrogen and oxygen atoms in total. The molecular weight excluding hydrogens is 318 g/mol. The zero-order chi connectivity index (χ0) is 14.3. The quantitative estimate of drug-likeness (QED) is 0.780. The Morgan fingerprint density at radius 1 is 0.950 bits per heavy atom. The predicted octanol–water partition coefficient (Wildman–Crippen LogP) is 3.66. The first-order valence-corrected chi connectivity index (χ1v) is 7.19. The van der Waals surface area contributed by atoms with Gasteiger partial charge in [-0.1, -0.05) is 40.2 Å². The number of carbonyl (C=O) groups excluding carboxylic acids is 2. The fourth-order valence-corrected chi connectivity index (χ4v) is 3.03. The number of carbonyl (C=O) groups is 2. The maximum absolute atomic E-state index is 12.7. The number of rotatable bonds is 2. The fourth-order valence-electron chi connectivity index (χ4n) is 2.52. The van der Waals surface area contributed by atoms with Crippen LogP contribution in [0.2, 0.25) is 0 Å². The Hall–Kier alpha value is -1.94. The van der Waals surface area contributed by atoms with Crippen LogP contribution in [0.3, 0.4) is 0 Å². The number of hydrogen-bond donors (Lipinski definition) is 1. The molecule has 0 saturated heterocycles. The summed E-state index contributed by atoms with van der Waals surface area (Å²) in [5.41, 5.74) is 2.57. The number of benzene rings is 2. The molecule has 3 rings (SSSR count). The number of halogens is 1.